The van der Waals surface area contributed by atoms with Crippen LogP contribution in [0.4, 0.5) is 11.4 Å². The number of hydrogen-bond acceptors (Lipinski definition) is 5. The molecule has 156 valence electrons. The second-order valence-corrected chi connectivity index (χ2v) is 8.57. The Labute approximate surface area is 175 Å². The molecule has 2 rings (SSSR count). The van der Waals surface area contributed by atoms with Gasteiger partial charge in [-0.3, -0.25) is 9.10 Å². The predicted octanol–water partition coefficient (Wildman–Crippen LogP) is 3.95. The summed E-state index contributed by atoms with van der Waals surface area (Å²) in [5.74, 6) is -0.933. The van der Waals surface area contributed by atoms with Gasteiger partial charge in [-0.15, -0.1) is 0 Å². The van der Waals surface area contributed by atoms with Gasteiger partial charge in [0.25, 0.3) is 5.91 Å². The van der Waals surface area contributed by atoms with Gasteiger partial charge in [0.2, 0.25) is 10.0 Å². The van der Waals surface area contributed by atoms with Crippen molar-refractivity contribution in [2.24, 2.45) is 0 Å². The molecule has 0 heterocycles. The molecular formula is C20H23ClN2O5S. The number of anilines is 2. The molecule has 0 saturated carbocycles. The van der Waals surface area contributed by atoms with Crippen LogP contribution in [-0.4, -0.2) is 39.2 Å². The van der Waals surface area contributed by atoms with Gasteiger partial charge in [0.1, 0.15) is 0 Å². The van der Waals surface area contributed by atoms with Crippen molar-refractivity contribution < 1.29 is 22.7 Å². The summed E-state index contributed by atoms with van der Waals surface area (Å²) in [5, 5.41) is 2.86. The fourth-order valence-corrected chi connectivity index (χ4v) is 4.05. The van der Waals surface area contributed by atoms with E-state index in [0.717, 1.165) is 0 Å². The van der Waals surface area contributed by atoms with Gasteiger partial charge >= 0.3 is 5.97 Å². The maximum absolute atomic E-state index is 12.5. The van der Waals surface area contributed by atoms with E-state index in [0.29, 0.717) is 23.5 Å². The molecule has 0 fully saturated rings. The van der Waals surface area contributed by atoms with E-state index >= 15 is 0 Å². The Morgan fingerprint density at radius 2 is 1.72 bits per heavy atom. The van der Waals surface area contributed by atoms with Crippen molar-refractivity contribution in [3.8, 4) is 0 Å². The summed E-state index contributed by atoms with van der Waals surface area (Å²) >= 11 is 6.10. The first-order chi connectivity index (χ1) is 13.7. The molecule has 2 aromatic rings. The molecule has 29 heavy (non-hydrogen) atoms. The molecule has 0 aliphatic carbocycles. The molecule has 7 nitrogen and oxygen atoms in total. The summed E-state index contributed by atoms with van der Waals surface area (Å²) < 4.78 is 30.5. The van der Waals surface area contributed by atoms with E-state index in [1.165, 1.54) is 16.4 Å². The minimum atomic E-state index is -3.38. The lowest BCUT2D eigenvalue weighted by molar-refractivity contribution is 0.0526. The van der Waals surface area contributed by atoms with Gasteiger partial charge < -0.3 is 10.1 Å². The van der Waals surface area contributed by atoms with Crippen LogP contribution in [0, 0.1) is 0 Å². The zero-order valence-corrected chi connectivity index (χ0v) is 18.0. The number of halogens is 1. The number of ether oxygens (including phenoxy) is 1. The van der Waals surface area contributed by atoms with Crippen LogP contribution in [0.25, 0.3) is 0 Å². The van der Waals surface area contributed by atoms with Crippen LogP contribution in [0.3, 0.4) is 0 Å². The van der Waals surface area contributed by atoms with E-state index < -0.39 is 21.9 Å². The van der Waals surface area contributed by atoms with E-state index in [1.54, 1.807) is 51.1 Å². The minimum Gasteiger partial charge on any atom is -0.462 e. The van der Waals surface area contributed by atoms with Crippen LogP contribution in [0.2, 0.25) is 5.02 Å². The summed E-state index contributed by atoms with van der Waals surface area (Å²) in [7, 11) is -3.38. The highest BCUT2D eigenvalue weighted by molar-refractivity contribution is 7.92. The van der Waals surface area contributed by atoms with Gasteiger partial charge in [-0.1, -0.05) is 11.6 Å². The van der Waals surface area contributed by atoms with Crippen LogP contribution >= 0.6 is 11.6 Å². The molecule has 0 unspecified atom stereocenters. The fraction of sp³-hybridized carbons (Fsp3) is 0.300. The lowest BCUT2D eigenvalue weighted by Crippen LogP contribution is -2.32. The monoisotopic (exact) mass is 438 g/mol. The Hall–Kier alpha value is -2.58. The summed E-state index contributed by atoms with van der Waals surface area (Å²) in [6.45, 7) is 5.56. The molecule has 0 saturated heterocycles. The maximum atomic E-state index is 12.5. The molecule has 0 aliphatic rings. The maximum Gasteiger partial charge on any atom is 0.339 e. The first kappa shape index (κ1) is 22.7. The van der Waals surface area contributed by atoms with E-state index in [1.807, 2.05) is 0 Å². The molecule has 2 aromatic carbocycles. The Morgan fingerprint density at radius 3 is 2.24 bits per heavy atom. The van der Waals surface area contributed by atoms with Crippen molar-refractivity contribution in [1.82, 2.24) is 0 Å². The summed E-state index contributed by atoms with van der Waals surface area (Å²) in [6, 6.07) is 10.8. The number of amides is 1. The number of rotatable bonds is 8. The van der Waals surface area contributed by atoms with E-state index in [4.69, 9.17) is 16.3 Å². The number of esters is 1. The summed E-state index contributed by atoms with van der Waals surface area (Å²) in [5.41, 5.74) is 1.48. The molecule has 0 aromatic heterocycles. The lowest BCUT2D eigenvalue weighted by Gasteiger charge is -2.22. The highest BCUT2D eigenvalue weighted by atomic mass is 35.5. The Kier molecular flexibility index (Phi) is 7.64. The Morgan fingerprint density at radius 1 is 1.07 bits per heavy atom. The SMILES string of the molecule is CCOC(=O)c1ccc(NC(=O)c2ccc(N(CC)S(=O)(=O)CC)cc2)cc1Cl. The second-order valence-electron chi connectivity index (χ2n) is 5.98. The first-order valence-electron chi connectivity index (χ1n) is 9.12. The number of nitrogens with zero attached hydrogens (tertiary/aromatic N) is 1. The predicted molar refractivity (Wildman–Crippen MR) is 114 cm³/mol. The van der Waals surface area contributed by atoms with Crippen LogP contribution in [0.1, 0.15) is 41.5 Å². The van der Waals surface area contributed by atoms with E-state index in [2.05, 4.69) is 5.32 Å². The molecule has 0 bridgehead atoms. The molecule has 0 aliphatic heterocycles. The number of carbonyl (C=O) groups excluding carboxylic acids is 2. The standard InChI is InChI=1S/C20H23ClN2O5S/c1-4-23(29(26,27)6-3)16-10-7-14(8-11-16)19(24)22-15-9-12-17(18(21)13-15)20(25)28-5-2/h7-13H,4-6H2,1-3H3,(H,22,24). The largest absolute Gasteiger partial charge is 0.462 e. The Balaban J connectivity index is 2.15. The zero-order valence-electron chi connectivity index (χ0n) is 16.4. The summed E-state index contributed by atoms with van der Waals surface area (Å²) in [6.07, 6.45) is 0. The highest BCUT2D eigenvalue weighted by Gasteiger charge is 2.19. The fourth-order valence-electron chi connectivity index (χ4n) is 2.65. The molecular weight excluding hydrogens is 416 g/mol. The quantitative estimate of drug-likeness (QED) is 0.630. The van der Waals surface area contributed by atoms with Crippen molar-refractivity contribution in [2.45, 2.75) is 20.8 Å². The minimum absolute atomic E-state index is 0.00830. The number of benzene rings is 2. The lowest BCUT2D eigenvalue weighted by atomic mass is 10.1. The van der Waals surface area contributed by atoms with E-state index in [9.17, 15) is 18.0 Å². The highest BCUT2D eigenvalue weighted by Crippen LogP contribution is 2.23. The number of hydrogen-bond donors (Lipinski definition) is 1. The number of sulfonamides is 1. The molecule has 9 heteroatoms. The number of nitrogens with one attached hydrogen (secondary N) is 1. The van der Waals surface area contributed by atoms with Gasteiger partial charge in [0, 0.05) is 17.8 Å². The van der Waals surface area contributed by atoms with Crippen molar-refractivity contribution in [3.63, 3.8) is 0 Å². The number of carbonyl (C=O) groups is 2. The van der Waals surface area contributed by atoms with Crippen molar-refractivity contribution >= 4 is 44.9 Å². The normalized spacial score (nSPS) is 11.0. The average Bonchev–Trinajstić information content (AvgIpc) is 2.69. The van der Waals surface area contributed by atoms with Gasteiger partial charge in [0.15, 0.2) is 0 Å². The van der Waals surface area contributed by atoms with Crippen LogP contribution < -0.4 is 9.62 Å². The van der Waals surface area contributed by atoms with E-state index in [-0.39, 0.29) is 22.9 Å². The summed E-state index contributed by atoms with van der Waals surface area (Å²) in [4.78, 5) is 24.3. The second kappa shape index (κ2) is 9.76. The van der Waals surface area contributed by atoms with Gasteiger partial charge in [-0.05, 0) is 63.2 Å². The van der Waals surface area contributed by atoms with Crippen molar-refractivity contribution in [1.29, 1.82) is 0 Å². The third-order valence-electron chi connectivity index (χ3n) is 4.13. The van der Waals surface area contributed by atoms with Crippen LogP contribution in [0.15, 0.2) is 42.5 Å². The first-order valence-corrected chi connectivity index (χ1v) is 11.1. The van der Waals surface area contributed by atoms with Crippen LogP contribution in [0.5, 0.6) is 0 Å². The van der Waals surface area contributed by atoms with Crippen molar-refractivity contribution in [2.75, 3.05) is 28.5 Å². The third-order valence-corrected chi connectivity index (χ3v) is 6.31. The topological polar surface area (TPSA) is 92.8 Å². The zero-order chi connectivity index (χ0) is 21.6. The average molecular weight is 439 g/mol. The van der Waals surface area contributed by atoms with Gasteiger partial charge in [-0.2, -0.15) is 0 Å². The molecule has 1 N–H and O–H groups in total. The van der Waals surface area contributed by atoms with Gasteiger partial charge in [0.05, 0.1) is 28.6 Å². The van der Waals surface area contributed by atoms with Crippen molar-refractivity contribution in [3.05, 3.63) is 58.6 Å². The van der Waals surface area contributed by atoms with Gasteiger partial charge in [-0.25, -0.2) is 13.2 Å². The van der Waals surface area contributed by atoms with Crippen LogP contribution in [-0.2, 0) is 14.8 Å². The molecule has 0 spiro atoms. The molecule has 0 radical (unpaired) electrons. The smallest absolute Gasteiger partial charge is 0.339 e. The Bertz CT molecular complexity index is 990. The molecule has 0 atom stereocenters. The molecule has 1 amide bonds. The third kappa shape index (κ3) is 5.48.